The quantitative estimate of drug-likeness (QED) is 0.556. The average Bonchev–Trinajstić information content (AvgIpc) is 2.54. The van der Waals surface area contributed by atoms with Crippen LogP contribution in [0.25, 0.3) is 0 Å². The van der Waals surface area contributed by atoms with Crippen molar-refractivity contribution in [1.29, 1.82) is 5.26 Å². The number of nitrogens with zero attached hydrogens (tertiary/aromatic N) is 2. The van der Waals surface area contributed by atoms with Crippen LogP contribution in [-0.4, -0.2) is 22.8 Å². The highest BCUT2D eigenvalue weighted by Gasteiger charge is 2.40. The standard InChI is InChI=1S/C18H21F3N2O2S/c1-3-25-17(24)11(2)26-16-13(10-22)15(18(19,20)21)12-8-6-4-5-7-9-14(12)23-16/h11H,3-9H2,1-2H3. The van der Waals surface area contributed by atoms with E-state index in [0.29, 0.717) is 18.5 Å². The van der Waals surface area contributed by atoms with E-state index in [1.807, 2.05) is 0 Å². The Balaban J connectivity index is 2.56. The van der Waals surface area contributed by atoms with Gasteiger partial charge < -0.3 is 4.74 Å². The van der Waals surface area contributed by atoms with E-state index in [1.165, 1.54) is 6.92 Å². The maximum atomic E-state index is 13.8. The van der Waals surface area contributed by atoms with Crippen molar-refractivity contribution < 1.29 is 22.7 Å². The van der Waals surface area contributed by atoms with Crippen LogP contribution in [0.2, 0.25) is 0 Å². The predicted octanol–water partition coefficient (Wildman–Crippen LogP) is 4.67. The van der Waals surface area contributed by atoms with Gasteiger partial charge in [0.2, 0.25) is 0 Å². The van der Waals surface area contributed by atoms with E-state index >= 15 is 0 Å². The smallest absolute Gasteiger partial charge is 0.418 e. The zero-order valence-electron chi connectivity index (χ0n) is 14.8. The molecule has 0 spiro atoms. The molecule has 0 radical (unpaired) electrons. The molecule has 1 aliphatic carbocycles. The minimum absolute atomic E-state index is 0.0419. The molecule has 0 saturated carbocycles. The number of pyridine rings is 1. The Bertz CT molecular complexity index is 714. The van der Waals surface area contributed by atoms with Crippen molar-refractivity contribution in [2.75, 3.05) is 6.61 Å². The molecule has 142 valence electrons. The molecule has 0 saturated heterocycles. The third kappa shape index (κ3) is 4.70. The minimum Gasteiger partial charge on any atom is -0.465 e. The maximum Gasteiger partial charge on any atom is 0.418 e. The Morgan fingerprint density at radius 3 is 2.54 bits per heavy atom. The molecule has 1 heterocycles. The van der Waals surface area contributed by atoms with Crippen LogP contribution in [0.5, 0.6) is 0 Å². The van der Waals surface area contributed by atoms with Gasteiger partial charge in [0.15, 0.2) is 0 Å². The number of esters is 1. The Labute approximate surface area is 155 Å². The number of alkyl halides is 3. The Morgan fingerprint density at radius 1 is 1.31 bits per heavy atom. The summed E-state index contributed by atoms with van der Waals surface area (Å²) in [6.07, 6.45) is -0.691. The van der Waals surface area contributed by atoms with Crippen molar-refractivity contribution in [3.8, 4) is 6.07 Å². The minimum atomic E-state index is -4.64. The summed E-state index contributed by atoms with van der Waals surface area (Å²) < 4.78 is 46.2. The number of carbonyl (C=O) groups is 1. The van der Waals surface area contributed by atoms with Gasteiger partial charge in [-0.15, -0.1) is 0 Å². The topological polar surface area (TPSA) is 63.0 Å². The summed E-state index contributed by atoms with van der Waals surface area (Å²) in [5.41, 5.74) is -0.833. The zero-order chi connectivity index (χ0) is 19.3. The number of aromatic nitrogens is 1. The average molecular weight is 386 g/mol. The molecule has 2 rings (SSSR count). The number of halogens is 3. The Kier molecular flexibility index (Phi) is 6.93. The van der Waals surface area contributed by atoms with Crippen LogP contribution in [0, 0.1) is 11.3 Å². The SMILES string of the molecule is CCOC(=O)C(C)Sc1nc2c(c(C(F)(F)F)c1C#N)CCCCCC2. The molecule has 0 bridgehead atoms. The van der Waals surface area contributed by atoms with E-state index in [4.69, 9.17) is 4.74 Å². The second-order valence-electron chi connectivity index (χ2n) is 6.13. The number of ether oxygens (including phenoxy) is 1. The van der Waals surface area contributed by atoms with E-state index in [-0.39, 0.29) is 23.6 Å². The number of hydrogen-bond acceptors (Lipinski definition) is 5. The number of hydrogen-bond donors (Lipinski definition) is 0. The molecule has 0 aliphatic heterocycles. The molecule has 0 fully saturated rings. The molecule has 1 aromatic heterocycles. The largest absolute Gasteiger partial charge is 0.465 e. The van der Waals surface area contributed by atoms with Crippen LogP contribution < -0.4 is 0 Å². The van der Waals surface area contributed by atoms with Crippen LogP contribution >= 0.6 is 11.8 Å². The number of carbonyl (C=O) groups excluding carboxylic acids is 1. The van der Waals surface area contributed by atoms with Gasteiger partial charge in [0.1, 0.15) is 16.3 Å². The van der Waals surface area contributed by atoms with Gasteiger partial charge in [-0.2, -0.15) is 18.4 Å². The first kappa shape index (κ1) is 20.6. The molecule has 0 amide bonds. The number of nitriles is 1. The molecule has 1 aliphatic rings. The molecule has 8 heteroatoms. The molecular formula is C18H21F3N2O2S. The summed E-state index contributed by atoms with van der Waals surface area (Å²) in [4.78, 5) is 16.2. The summed E-state index contributed by atoms with van der Waals surface area (Å²) >= 11 is 0.850. The molecule has 1 atom stereocenters. The molecule has 0 N–H and O–H groups in total. The second kappa shape index (κ2) is 8.76. The summed E-state index contributed by atoms with van der Waals surface area (Å²) in [5.74, 6) is -0.538. The van der Waals surface area contributed by atoms with Crippen LogP contribution in [0.15, 0.2) is 5.03 Å². The third-order valence-corrected chi connectivity index (χ3v) is 5.31. The number of rotatable bonds is 4. The van der Waals surface area contributed by atoms with Crippen LogP contribution in [0.1, 0.15) is 61.9 Å². The van der Waals surface area contributed by atoms with Gasteiger partial charge >= 0.3 is 12.1 Å². The highest BCUT2D eigenvalue weighted by molar-refractivity contribution is 8.00. The lowest BCUT2D eigenvalue weighted by Gasteiger charge is -2.22. The second-order valence-corrected chi connectivity index (χ2v) is 7.46. The molecule has 0 aromatic carbocycles. The fourth-order valence-corrected chi connectivity index (χ4v) is 3.98. The molecule has 26 heavy (non-hydrogen) atoms. The lowest BCUT2D eigenvalue weighted by atomic mass is 9.91. The summed E-state index contributed by atoms with van der Waals surface area (Å²) in [5, 5.41) is 8.64. The molecular weight excluding hydrogens is 365 g/mol. The first-order valence-corrected chi connectivity index (χ1v) is 9.53. The van der Waals surface area contributed by atoms with Crippen molar-refractivity contribution >= 4 is 17.7 Å². The van der Waals surface area contributed by atoms with Gasteiger partial charge in [0.25, 0.3) is 0 Å². The Hall–Kier alpha value is -1.75. The zero-order valence-corrected chi connectivity index (χ0v) is 15.6. The lowest BCUT2D eigenvalue weighted by Crippen LogP contribution is -2.20. The van der Waals surface area contributed by atoms with Gasteiger partial charge in [-0.3, -0.25) is 4.79 Å². The first-order valence-electron chi connectivity index (χ1n) is 8.65. The molecule has 4 nitrogen and oxygen atoms in total. The van der Waals surface area contributed by atoms with E-state index in [9.17, 15) is 23.2 Å². The monoisotopic (exact) mass is 386 g/mol. The summed E-state index contributed by atoms with van der Waals surface area (Å²) in [7, 11) is 0. The van der Waals surface area contributed by atoms with Crippen molar-refractivity contribution in [1.82, 2.24) is 4.98 Å². The van der Waals surface area contributed by atoms with Crippen molar-refractivity contribution in [2.45, 2.75) is 68.8 Å². The molecule has 1 unspecified atom stereocenters. The van der Waals surface area contributed by atoms with Crippen molar-refractivity contribution in [3.63, 3.8) is 0 Å². The summed E-state index contributed by atoms with van der Waals surface area (Å²) in [6.45, 7) is 3.37. The van der Waals surface area contributed by atoms with Gasteiger partial charge in [-0.05, 0) is 45.1 Å². The van der Waals surface area contributed by atoms with Gasteiger partial charge in [-0.1, -0.05) is 24.6 Å². The van der Waals surface area contributed by atoms with Crippen molar-refractivity contribution in [2.24, 2.45) is 0 Å². The van der Waals surface area contributed by atoms with Gasteiger partial charge in [0, 0.05) is 5.69 Å². The third-order valence-electron chi connectivity index (χ3n) is 4.24. The van der Waals surface area contributed by atoms with Crippen molar-refractivity contribution in [3.05, 3.63) is 22.4 Å². The Morgan fingerprint density at radius 2 is 1.96 bits per heavy atom. The van der Waals surface area contributed by atoms with Gasteiger partial charge in [0.05, 0.1) is 17.7 Å². The fourth-order valence-electron chi connectivity index (χ4n) is 3.05. The highest BCUT2D eigenvalue weighted by atomic mass is 32.2. The fraction of sp³-hybridized carbons (Fsp3) is 0.611. The van der Waals surface area contributed by atoms with E-state index in [2.05, 4.69) is 4.98 Å². The van der Waals surface area contributed by atoms with E-state index in [1.54, 1.807) is 13.0 Å². The van der Waals surface area contributed by atoms with Crippen LogP contribution in [-0.2, 0) is 28.5 Å². The van der Waals surface area contributed by atoms with Crippen LogP contribution in [0.3, 0.4) is 0 Å². The lowest BCUT2D eigenvalue weighted by molar-refractivity contribution is -0.142. The summed E-state index contributed by atoms with van der Waals surface area (Å²) in [6, 6.07) is 1.68. The van der Waals surface area contributed by atoms with E-state index in [0.717, 1.165) is 31.0 Å². The van der Waals surface area contributed by atoms with Gasteiger partial charge in [-0.25, -0.2) is 4.98 Å². The normalized spacial score (nSPS) is 16.0. The molecule has 1 aromatic rings. The van der Waals surface area contributed by atoms with Crippen LogP contribution in [0.4, 0.5) is 13.2 Å². The highest BCUT2D eigenvalue weighted by Crippen LogP contribution is 2.41. The number of aryl methyl sites for hydroxylation is 1. The number of thioether (sulfide) groups is 1. The predicted molar refractivity (Wildman–Crippen MR) is 91.8 cm³/mol. The van der Waals surface area contributed by atoms with E-state index < -0.39 is 28.5 Å². The number of fused-ring (bicyclic) bond motifs is 1. The first-order chi connectivity index (χ1) is 12.3. The maximum absolute atomic E-state index is 13.8.